The molecule has 0 N–H and O–H groups in total. The fourth-order valence-electron chi connectivity index (χ4n) is 3.60. The first kappa shape index (κ1) is 19.2. The van der Waals surface area contributed by atoms with Gasteiger partial charge in [0.2, 0.25) is 5.91 Å². The molecule has 152 valence electrons. The Hall–Kier alpha value is -3.16. The summed E-state index contributed by atoms with van der Waals surface area (Å²) in [5.41, 5.74) is 1.25. The maximum absolute atomic E-state index is 12.8. The Balaban J connectivity index is 1.66. The number of amides is 1. The largest absolute Gasteiger partial charge is 0.463 e. The van der Waals surface area contributed by atoms with Crippen molar-refractivity contribution in [3.8, 4) is 22.8 Å². The van der Waals surface area contributed by atoms with Gasteiger partial charge in [-0.1, -0.05) is 24.4 Å². The highest BCUT2D eigenvalue weighted by Gasteiger charge is 2.21. The smallest absolute Gasteiger partial charge is 0.268 e. The lowest BCUT2D eigenvalue weighted by molar-refractivity contribution is -0.132. The van der Waals surface area contributed by atoms with Crippen molar-refractivity contribution in [2.24, 2.45) is 0 Å². The van der Waals surface area contributed by atoms with E-state index in [1.165, 1.54) is 23.4 Å². The first-order chi connectivity index (χ1) is 14.1. The molecule has 8 nitrogen and oxygen atoms in total. The molecular weight excluding hydrogens is 372 g/mol. The quantitative estimate of drug-likeness (QED) is 0.672. The molecule has 0 spiro atoms. The summed E-state index contributed by atoms with van der Waals surface area (Å²) in [7, 11) is 0. The van der Waals surface area contributed by atoms with E-state index in [1.807, 2.05) is 4.90 Å². The Morgan fingerprint density at radius 1 is 1.10 bits per heavy atom. The van der Waals surface area contributed by atoms with E-state index in [1.54, 1.807) is 25.1 Å². The van der Waals surface area contributed by atoms with Crippen molar-refractivity contribution in [3.63, 3.8) is 0 Å². The van der Waals surface area contributed by atoms with Gasteiger partial charge in [0, 0.05) is 25.2 Å². The summed E-state index contributed by atoms with van der Waals surface area (Å²) < 4.78 is 12.0. The minimum atomic E-state index is -0.371. The molecule has 4 rings (SSSR count). The molecule has 1 amide bonds. The third-order valence-electron chi connectivity index (χ3n) is 5.14. The van der Waals surface area contributed by atoms with E-state index >= 15 is 0 Å². The van der Waals surface area contributed by atoms with Crippen LogP contribution < -0.4 is 5.56 Å². The summed E-state index contributed by atoms with van der Waals surface area (Å²) in [6, 6.07) is 6.65. The molecule has 1 fully saturated rings. The number of aryl methyl sites for hydroxylation is 1. The van der Waals surface area contributed by atoms with Crippen molar-refractivity contribution >= 4 is 5.91 Å². The van der Waals surface area contributed by atoms with Crippen LogP contribution in [0.5, 0.6) is 0 Å². The average Bonchev–Trinajstić information content (AvgIpc) is 3.34. The second kappa shape index (κ2) is 8.46. The minimum absolute atomic E-state index is 0.0878. The van der Waals surface area contributed by atoms with Crippen LogP contribution in [0.25, 0.3) is 22.8 Å². The van der Waals surface area contributed by atoms with E-state index in [4.69, 9.17) is 8.94 Å². The number of carbonyl (C=O) groups is 1. The molecule has 0 atom stereocenters. The molecule has 0 radical (unpaired) electrons. The first-order valence-electron chi connectivity index (χ1n) is 9.99. The lowest BCUT2D eigenvalue weighted by Crippen LogP contribution is -2.39. The fourth-order valence-corrected chi connectivity index (χ4v) is 3.60. The number of hydrogen-bond acceptors (Lipinski definition) is 6. The monoisotopic (exact) mass is 396 g/mol. The third kappa shape index (κ3) is 4.31. The Morgan fingerprint density at radius 3 is 2.52 bits per heavy atom. The molecule has 4 heterocycles. The molecule has 1 aliphatic rings. The van der Waals surface area contributed by atoms with Crippen LogP contribution in [0.4, 0.5) is 0 Å². The van der Waals surface area contributed by atoms with Crippen molar-refractivity contribution in [3.05, 3.63) is 46.6 Å². The molecular formula is C21H24N4O4. The zero-order valence-corrected chi connectivity index (χ0v) is 16.5. The van der Waals surface area contributed by atoms with Crippen LogP contribution in [0.3, 0.4) is 0 Å². The van der Waals surface area contributed by atoms with Gasteiger partial charge in [-0.05, 0) is 31.9 Å². The molecule has 1 saturated heterocycles. The van der Waals surface area contributed by atoms with E-state index < -0.39 is 0 Å². The van der Waals surface area contributed by atoms with Gasteiger partial charge in [0.05, 0.1) is 17.5 Å². The Kier molecular flexibility index (Phi) is 5.59. The summed E-state index contributed by atoms with van der Waals surface area (Å²) in [5.74, 6) is 0.831. The number of aromatic nitrogens is 3. The van der Waals surface area contributed by atoms with Gasteiger partial charge in [0.15, 0.2) is 11.5 Å². The molecule has 0 bridgehead atoms. The summed E-state index contributed by atoms with van der Waals surface area (Å²) >= 11 is 0. The molecule has 3 aromatic heterocycles. The molecule has 8 heteroatoms. The van der Waals surface area contributed by atoms with E-state index in [2.05, 4.69) is 10.3 Å². The summed E-state index contributed by atoms with van der Waals surface area (Å²) in [6.07, 6.45) is 7.02. The minimum Gasteiger partial charge on any atom is -0.463 e. The second-order valence-corrected chi connectivity index (χ2v) is 7.36. The van der Waals surface area contributed by atoms with Gasteiger partial charge in [0.1, 0.15) is 12.2 Å². The fraction of sp³-hybridized carbons (Fsp3) is 0.429. The standard InChI is InChI=1S/C21H24N4O4/c1-15-12-18(29-23-15)16-13-19(26)25(22-21(16)17-8-7-11-28-17)14-20(27)24-9-5-3-2-4-6-10-24/h7-8,11-13H,2-6,9-10,14H2,1H3. The van der Waals surface area contributed by atoms with Gasteiger partial charge >= 0.3 is 0 Å². The Labute approximate surface area is 168 Å². The molecule has 3 aromatic rings. The van der Waals surface area contributed by atoms with Gasteiger partial charge in [-0.25, -0.2) is 4.68 Å². The predicted octanol–water partition coefficient (Wildman–Crippen LogP) is 3.26. The molecule has 29 heavy (non-hydrogen) atoms. The molecule has 0 saturated carbocycles. The zero-order valence-electron chi connectivity index (χ0n) is 16.5. The summed E-state index contributed by atoms with van der Waals surface area (Å²) in [5, 5.41) is 8.34. The van der Waals surface area contributed by atoms with Crippen molar-refractivity contribution in [1.82, 2.24) is 19.8 Å². The Bertz CT molecular complexity index is 1030. The Morgan fingerprint density at radius 2 is 1.86 bits per heavy atom. The van der Waals surface area contributed by atoms with E-state index in [0.29, 0.717) is 28.5 Å². The van der Waals surface area contributed by atoms with E-state index in [-0.39, 0.29) is 18.0 Å². The first-order valence-corrected chi connectivity index (χ1v) is 9.99. The van der Waals surface area contributed by atoms with Crippen LogP contribution in [0.2, 0.25) is 0 Å². The van der Waals surface area contributed by atoms with Gasteiger partial charge in [-0.2, -0.15) is 5.10 Å². The molecule has 1 aliphatic heterocycles. The second-order valence-electron chi connectivity index (χ2n) is 7.36. The van der Waals surface area contributed by atoms with Gasteiger partial charge in [-0.3, -0.25) is 9.59 Å². The van der Waals surface area contributed by atoms with E-state index in [9.17, 15) is 9.59 Å². The van der Waals surface area contributed by atoms with Gasteiger partial charge in [0.25, 0.3) is 5.56 Å². The lowest BCUT2D eigenvalue weighted by Gasteiger charge is -2.25. The van der Waals surface area contributed by atoms with Crippen LogP contribution in [0.15, 0.2) is 44.3 Å². The van der Waals surface area contributed by atoms with Gasteiger partial charge in [-0.15, -0.1) is 0 Å². The summed E-state index contributed by atoms with van der Waals surface area (Å²) in [6.45, 7) is 3.17. The maximum atomic E-state index is 12.8. The van der Waals surface area contributed by atoms with Crippen molar-refractivity contribution < 1.29 is 13.7 Å². The van der Waals surface area contributed by atoms with Crippen LogP contribution in [0.1, 0.15) is 37.8 Å². The normalized spacial score (nSPS) is 15.1. The summed E-state index contributed by atoms with van der Waals surface area (Å²) in [4.78, 5) is 27.4. The topological polar surface area (TPSA) is 94.4 Å². The van der Waals surface area contributed by atoms with Gasteiger partial charge < -0.3 is 13.8 Å². The highest BCUT2D eigenvalue weighted by Crippen LogP contribution is 2.29. The van der Waals surface area contributed by atoms with E-state index in [0.717, 1.165) is 38.8 Å². The number of rotatable bonds is 4. The number of carbonyl (C=O) groups excluding carboxylic acids is 1. The third-order valence-corrected chi connectivity index (χ3v) is 5.14. The SMILES string of the molecule is Cc1cc(-c2cc(=O)n(CC(=O)N3CCCCCCC3)nc2-c2ccco2)on1. The van der Waals surface area contributed by atoms with Crippen LogP contribution >= 0.6 is 0 Å². The maximum Gasteiger partial charge on any atom is 0.268 e. The van der Waals surface area contributed by atoms with Crippen molar-refractivity contribution in [1.29, 1.82) is 0 Å². The number of hydrogen-bond donors (Lipinski definition) is 0. The highest BCUT2D eigenvalue weighted by atomic mass is 16.5. The molecule has 0 aromatic carbocycles. The highest BCUT2D eigenvalue weighted by molar-refractivity contribution is 5.77. The van der Waals surface area contributed by atoms with Crippen molar-refractivity contribution in [2.75, 3.05) is 13.1 Å². The predicted molar refractivity (Wildman–Crippen MR) is 106 cm³/mol. The average molecular weight is 396 g/mol. The number of nitrogens with zero attached hydrogens (tertiary/aromatic N) is 4. The van der Waals surface area contributed by atoms with Crippen LogP contribution in [-0.2, 0) is 11.3 Å². The number of furan rings is 1. The zero-order chi connectivity index (χ0) is 20.2. The lowest BCUT2D eigenvalue weighted by atomic mass is 10.1. The van der Waals surface area contributed by atoms with Crippen LogP contribution in [0, 0.1) is 6.92 Å². The molecule has 0 aliphatic carbocycles. The van der Waals surface area contributed by atoms with Crippen LogP contribution in [-0.4, -0.2) is 38.8 Å². The number of likely N-dealkylation sites (tertiary alicyclic amines) is 1. The molecule has 0 unspecified atom stereocenters. The van der Waals surface area contributed by atoms with Crippen molar-refractivity contribution in [2.45, 2.75) is 45.6 Å².